The van der Waals surface area contributed by atoms with Gasteiger partial charge in [0.25, 0.3) is 0 Å². The average Bonchev–Trinajstić information content (AvgIpc) is 2.52. The van der Waals surface area contributed by atoms with Crippen LogP contribution in [0.5, 0.6) is 0 Å². The topological polar surface area (TPSA) is 49.3 Å². The van der Waals surface area contributed by atoms with Gasteiger partial charge in [0.1, 0.15) is 11.6 Å². The van der Waals surface area contributed by atoms with Crippen molar-refractivity contribution in [2.75, 3.05) is 6.54 Å². The van der Waals surface area contributed by atoms with E-state index in [1.165, 1.54) is 45.4 Å². The first kappa shape index (κ1) is 17.0. The van der Waals surface area contributed by atoms with Crippen LogP contribution in [0.4, 0.5) is 8.78 Å². The summed E-state index contributed by atoms with van der Waals surface area (Å²) in [4.78, 5) is 11.1. The van der Waals surface area contributed by atoms with Gasteiger partial charge in [-0.3, -0.25) is 0 Å². The molecule has 0 aliphatic heterocycles. The molecule has 0 unspecified atom stereocenters. The van der Waals surface area contributed by atoms with Crippen LogP contribution < -0.4 is 5.32 Å². The van der Waals surface area contributed by atoms with Crippen molar-refractivity contribution < 1.29 is 18.7 Å². The first-order valence-corrected chi connectivity index (χ1v) is 9.28. The molecular formula is C20H25F2NO2. The van der Waals surface area contributed by atoms with Gasteiger partial charge in [0.15, 0.2) is 0 Å². The molecule has 4 bridgehead atoms. The van der Waals surface area contributed by atoms with Crippen molar-refractivity contribution in [3.63, 3.8) is 0 Å². The lowest BCUT2D eigenvalue weighted by Gasteiger charge is -2.57. The minimum Gasteiger partial charge on any atom is -0.478 e. The summed E-state index contributed by atoms with van der Waals surface area (Å²) < 4.78 is 28.6. The number of nitrogens with one attached hydrogen (secondary N) is 1. The zero-order valence-electron chi connectivity index (χ0n) is 14.6. The predicted octanol–water partition coefficient (Wildman–Crippen LogP) is 4.28. The number of halogens is 2. The fourth-order valence-electron chi connectivity index (χ4n) is 6.11. The second-order valence-electron chi connectivity index (χ2n) is 8.65. The zero-order valence-corrected chi connectivity index (χ0v) is 14.6. The highest BCUT2D eigenvalue weighted by Crippen LogP contribution is 2.59. The van der Waals surface area contributed by atoms with E-state index in [1.807, 2.05) is 0 Å². The van der Waals surface area contributed by atoms with Crippen LogP contribution in [0.2, 0.25) is 0 Å². The molecule has 5 heteroatoms. The van der Waals surface area contributed by atoms with Crippen molar-refractivity contribution in [1.82, 2.24) is 5.32 Å². The Morgan fingerprint density at radius 2 is 1.76 bits per heavy atom. The zero-order chi connectivity index (χ0) is 17.8. The van der Waals surface area contributed by atoms with E-state index in [1.54, 1.807) is 0 Å². The monoisotopic (exact) mass is 349 g/mol. The van der Waals surface area contributed by atoms with Crippen molar-refractivity contribution in [2.45, 2.75) is 52.0 Å². The fourth-order valence-corrected chi connectivity index (χ4v) is 6.11. The van der Waals surface area contributed by atoms with Gasteiger partial charge < -0.3 is 10.4 Å². The first-order valence-electron chi connectivity index (χ1n) is 9.28. The summed E-state index contributed by atoms with van der Waals surface area (Å²) in [5.74, 6) is -0.284. The second-order valence-corrected chi connectivity index (χ2v) is 8.65. The Morgan fingerprint density at radius 1 is 1.20 bits per heavy atom. The summed E-state index contributed by atoms with van der Waals surface area (Å²) in [5, 5.41) is 12.3. The van der Waals surface area contributed by atoms with Gasteiger partial charge in [0.05, 0.1) is 5.56 Å². The van der Waals surface area contributed by atoms with Gasteiger partial charge in [-0.05, 0) is 80.2 Å². The standard InChI is InChI=1S/C20H25F2NO2/c1-11-15(19(24)25)5-17(21)16(18(11)22)9-23-10-20-6-12-2-13(7-20)4-14(3-12)8-20/h5,12-14,23H,2-4,6-10H2,1H3,(H,24,25). The van der Waals surface area contributed by atoms with E-state index in [0.717, 1.165) is 30.4 Å². The Balaban J connectivity index is 1.46. The van der Waals surface area contributed by atoms with Crippen molar-refractivity contribution in [3.8, 4) is 0 Å². The van der Waals surface area contributed by atoms with Gasteiger partial charge in [-0.15, -0.1) is 0 Å². The van der Waals surface area contributed by atoms with Crippen LogP contribution in [0.1, 0.15) is 60.0 Å². The maximum atomic E-state index is 14.4. The number of carboxylic acid groups (broad SMARTS) is 1. The smallest absolute Gasteiger partial charge is 0.336 e. The number of rotatable bonds is 5. The minimum absolute atomic E-state index is 0.000467. The van der Waals surface area contributed by atoms with Gasteiger partial charge in [-0.2, -0.15) is 0 Å². The molecule has 1 aromatic rings. The predicted molar refractivity (Wildman–Crippen MR) is 90.4 cm³/mol. The number of hydrogen-bond acceptors (Lipinski definition) is 2. The van der Waals surface area contributed by atoms with Crippen molar-refractivity contribution in [3.05, 3.63) is 34.4 Å². The average molecular weight is 349 g/mol. The Labute approximate surface area is 146 Å². The van der Waals surface area contributed by atoms with Gasteiger partial charge >= 0.3 is 5.97 Å². The largest absolute Gasteiger partial charge is 0.478 e. The maximum Gasteiger partial charge on any atom is 0.336 e. The third kappa shape index (κ3) is 2.97. The summed E-state index contributed by atoms with van der Waals surface area (Å²) in [5.41, 5.74) is -0.0508. The third-order valence-electron chi connectivity index (χ3n) is 6.75. The van der Waals surface area contributed by atoms with Crippen molar-refractivity contribution in [1.29, 1.82) is 0 Å². The molecule has 1 aromatic carbocycles. The Morgan fingerprint density at radius 3 is 2.28 bits per heavy atom. The molecule has 25 heavy (non-hydrogen) atoms. The van der Waals surface area contributed by atoms with E-state index >= 15 is 0 Å². The van der Waals surface area contributed by atoms with E-state index in [4.69, 9.17) is 5.11 Å². The third-order valence-corrected chi connectivity index (χ3v) is 6.75. The molecule has 2 N–H and O–H groups in total. The Bertz CT molecular complexity index is 681. The number of carboxylic acids is 1. The Hall–Kier alpha value is -1.49. The SMILES string of the molecule is Cc1c(C(=O)O)cc(F)c(CNCC23CC4CC(CC(C4)C2)C3)c1F. The number of hydrogen-bond donors (Lipinski definition) is 2. The molecule has 4 aliphatic carbocycles. The van der Waals surface area contributed by atoms with Gasteiger partial charge in [0, 0.05) is 18.7 Å². The highest BCUT2D eigenvalue weighted by atomic mass is 19.1. The van der Waals surface area contributed by atoms with Crippen LogP contribution in [-0.2, 0) is 6.54 Å². The van der Waals surface area contributed by atoms with Gasteiger partial charge in [-0.1, -0.05) is 0 Å². The molecule has 0 saturated heterocycles. The highest BCUT2D eigenvalue weighted by molar-refractivity contribution is 5.89. The molecule has 3 nitrogen and oxygen atoms in total. The normalized spacial score (nSPS) is 33.0. The van der Waals surface area contributed by atoms with E-state index < -0.39 is 17.6 Å². The molecule has 0 radical (unpaired) electrons. The number of benzene rings is 1. The van der Waals surface area contributed by atoms with Crippen LogP contribution >= 0.6 is 0 Å². The van der Waals surface area contributed by atoms with E-state index in [-0.39, 0.29) is 23.2 Å². The summed E-state index contributed by atoms with van der Waals surface area (Å²) in [7, 11) is 0. The quantitative estimate of drug-likeness (QED) is 0.834. The summed E-state index contributed by atoms with van der Waals surface area (Å²) in [6.07, 6.45) is 7.85. The molecule has 0 spiro atoms. The summed E-state index contributed by atoms with van der Waals surface area (Å²) in [6, 6.07) is 0.933. The first-order chi connectivity index (χ1) is 11.9. The van der Waals surface area contributed by atoms with Crippen LogP contribution in [0.3, 0.4) is 0 Å². The van der Waals surface area contributed by atoms with Crippen LogP contribution in [0.15, 0.2) is 6.07 Å². The molecule has 0 aromatic heterocycles. The summed E-state index contributed by atoms with van der Waals surface area (Å²) in [6.45, 7) is 2.30. The van der Waals surface area contributed by atoms with Crippen molar-refractivity contribution >= 4 is 5.97 Å². The lowest BCUT2D eigenvalue weighted by molar-refractivity contribution is -0.0514. The molecular weight excluding hydrogens is 324 g/mol. The summed E-state index contributed by atoms with van der Waals surface area (Å²) >= 11 is 0. The highest BCUT2D eigenvalue weighted by Gasteiger charge is 2.50. The van der Waals surface area contributed by atoms with E-state index in [9.17, 15) is 13.6 Å². The number of carbonyl (C=O) groups is 1. The lowest BCUT2D eigenvalue weighted by atomic mass is 9.49. The molecule has 0 amide bonds. The van der Waals surface area contributed by atoms with Crippen LogP contribution in [0.25, 0.3) is 0 Å². The maximum absolute atomic E-state index is 14.4. The molecule has 4 saturated carbocycles. The molecule has 136 valence electrons. The molecule has 0 heterocycles. The Kier molecular flexibility index (Phi) is 4.10. The lowest BCUT2D eigenvalue weighted by Crippen LogP contribution is -2.50. The molecule has 0 atom stereocenters. The van der Waals surface area contributed by atoms with Gasteiger partial charge in [-0.25, -0.2) is 13.6 Å². The van der Waals surface area contributed by atoms with Crippen molar-refractivity contribution in [2.24, 2.45) is 23.2 Å². The molecule has 4 fully saturated rings. The fraction of sp³-hybridized carbons (Fsp3) is 0.650. The molecule has 5 rings (SSSR count). The van der Waals surface area contributed by atoms with Crippen LogP contribution in [-0.4, -0.2) is 17.6 Å². The minimum atomic E-state index is -1.30. The van der Waals surface area contributed by atoms with Gasteiger partial charge in [0.2, 0.25) is 0 Å². The second kappa shape index (κ2) is 6.04. The van der Waals surface area contributed by atoms with Crippen LogP contribution in [0, 0.1) is 41.7 Å². The molecule has 4 aliphatic rings. The number of aromatic carboxylic acids is 1. The van der Waals surface area contributed by atoms with E-state index in [2.05, 4.69) is 5.32 Å². The van der Waals surface area contributed by atoms with E-state index in [0.29, 0.717) is 5.41 Å².